The van der Waals surface area contributed by atoms with Crippen LogP contribution in [-0.2, 0) is 0 Å². The van der Waals surface area contributed by atoms with Crippen molar-refractivity contribution in [2.24, 2.45) is 0 Å². The topological polar surface area (TPSA) is 253 Å². The smallest absolute Gasteiger partial charge is 0.203 e. The quantitative estimate of drug-likeness (QED) is 0.0106. The van der Waals surface area contributed by atoms with Gasteiger partial charge < -0.3 is 83.8 Å². The van der Waals surface area contributed by atoms with Gasteiger partial charge in [0.25, 0.3) is 0 Å². The van der Waals surface area contributed by atoms with Crippen LogP contribution in [-0.4, -0.2) is 108 Å². The Bertz CT molecular complexity index is 5750. The van der Waals surface area contributed by atoms with Gasteiger partial charge in [-0.1, -0.05) is 151 Å². The molecule has 0 aromatic heterocycles. The Morgan fingerprint density at radius 2 is 0.523 bits per heavy atom. The number of rotatable bonds is 36. The Morgan fingerprint density at radius 1 is 0.258 bits per heavy atom. The summed E-state index contributed by atoms with van der Waals surface area (Å²) < 4.78 is 90.8. The van der Waals surface area contributed by atoms with Crippen molar-refractivity contribution < 1.29 is 84.8 Å². The lowest BCUT2D eigenvalue weighted by molar-refractivity contribution is 0.103. The van der Waals surface area contributed by atoms with Crippen LogP contribution in [0.1, 0.15) is 91.5 Å². The van der Waals surface area contributed by atoms with E-state index in [2.05, 4.69) is 21.3 Å². The van der Waals surface area contributed by atoms with E-state index in [0.29, 0.717) is 96.9 Å². The van der Waals surface area contributed by atoms with Crippen LogP contribution in [0.15, 0.2) is 292 Å². The molecule has 12 aromatic carbocycles. The van der Waals surface area contributed by atoms with Crippen LogP contribution in [0.25, 0.3) is 48.6 Å². The van der Waals surface area contributed by atoms with Crippen LogP contribution in [0, 0.1) is 18.6 Å². The predicted molar refractivity (Wildman–Crippen MR) is 509 cm³/mol. The number of aryl methyl sites for hydroxylation is 1. The maximum atomic E-state index is 13.3. The van der Waals surface area contributed by atoms with Gasteiger partial charge in [-0.3, -0.25) is 19.2 Å². The number of hydrogen-bond donors (Lipinski definition) is 5. The number of ether oxygens (including phenoxy) is 12. The van der Waals surface area contributed by atoms with Crippen LogP contribution in [0.3, 0.4) is 0 Å². The molecule has 0 bridgehead atoms. The standard InChI is InChI=1S/C27H27NO4.2C26H24FNO4.C26H26N2O4/c1-19-8-12-22(13-9-19)24(29)14-15-28-23-7-5-6-20(16-23)10-11-21-17-25(30-2)27(32-4)26(18-21)31-3;1-30-24-15-19(16-25(31-2)26(24)32-3)11-10-18-6-4-9-22(14-18)28-13-12-23(29)20-7-5-8-21(27)17-20;1-30-24-16-19(17-25(31-2)26(24)32-3)8-7-18-5-4-6-22(15-18)28-14-13-23(29)20-9-11-21(27)12-10-20;1-30-24-16-19(17-25(31-2)26(24)32-3)12-11-18-7-6-8-20(15-18)28-14-13-23(29)21-9-4-5-10-22(21)27/h5-18,28H,1-4H3;2*4-17,28H,1-3H3;4-17,28H,27H2,1-3H3/b11-10-,15-14-;11-10-,13-12-;8-7-,14-13-;12-11-,14-13-. The first-order valence-corrected chi connectivity index (χ1v) is 39.8. The van der Waals surface area contributed by atoms with Gasteiger partial charge >= 0.3 is 0 Å². The number of carbonyl (C=O) groups excluding carboxylic acids is 4. The zero-order valence-corrected chi connectivity index (χ0v) is 73.2. The summed E-state index contributed by atoms with van der Waals surface area (Å²) in [5, 5.41) is 12.4. The third-order valence-corrected chi connectivity index (χ3v) is 18.9. The van der Waals surface area contributed by atoms with E-state index in [0.717, 1.165) is 72.8 Å². The molecule has 0 heterocycles. The van der Waals surface area contributed by atoms with Crippen molar-refractivity contribution in [3.05, 3.63) is 376 Å². The first-order valence-electron chi connectivity index (χ1n) is 39.8. The molecule has 0 aliphatic rings. The minimum atomic E-state index is -0.441. The van der Waals surface area contributed by atoms with Crippen molar-refractivity contribution in [3.8, 4) is 69.0 Å². The maximum absolute atomic E-state index is 13.3. The SMILES string of the molecule is COc1cc(/C=C\c2cccc(N/C=C\C(=O)c3ccc(C)cc3)c2)cc(OC)c1OC.COc1cc(/C=C\c2cccc(N/C=C\C(=O)c3ccc(F)cc3)c2)cc(OC)c1OC.COc1cc(/C=C\c2cccc(N/C=C\C(=O)c3cccc(F)c3)c2)cc(OC)c1OC.COc1cc(/C=C\c2cccc(N/C=C\C(=O)c3ccccc3N)c2)cc(OC)c1OC. The first kappa shape index (κ1) is 95.5. The van der Waals surface area contributed by atoms with E-state index in [1.165, 1.54) is 73.0 Å². The van der Waals surface area contributed by atoms with Crippen LogP contribution in [0.5, 0.6) is 69.0 Å². The molecule has 0 saturated heterocycles. The number of allylic oxidation sites excluding steroid dienone is 4. The van der Waals surface area contributed by atoms with Crippen molar-refractivity contribution in [3.63, 3.8) is 0 Å². The third-order valence-electron chi connectivity index (χ3n) is 18.9. The summed E-state index contributed by atoms with van der Waals surface area (Å²) in [5.74, 6) is 5.39. The molecular formula is C105H101F2N5O16. The summed E-state index contributed by atoms with van der Waals surface area (Å²) in [5.41, 5.74) is 20.2. The Labute approximate surface area is 744 Å². The molecule has 0 unspecified atom stereocenters. The zero-order chi connectivity index (χ0) is 91.7. The molecule has 23 heteroatoms. The molecule has 0 aliphatic heterocycles. The second-order valence-corrected chi connectivity index (χ2v) is 27.5. The summed E-state index contributed by atoms with van der Waals surface area (Å²) in [7, 11) is 19.0. The summed E-state index contributed by atoms with van der Waals surface area (Å²) >= 11 is 0. The van der Waals surface area contributed by atoms with Crippen molar-refractivity contribution >= 4 is 100 Å². The van der Waals surface area contributed by atoms with Gasteiger partial charge in [0.05, 0.1) is 85.3 Å². The van der Waals surface area contributed by atoms with Gasteiger partial charge in [0.15, 0.2) is 69.1 Å². The van der Waals surface area contributed by atoms with E-state index in [1.54, 1.807) is 134 Å². The molecular weight excluding hydrogens is 1630 g/mol. The van der Waals surface area contributed by atoms with Crippen LogP contribution in [0.4, 0.5) is 37.2 Å². The minimum absolute atomic E-state index is 0.0454. The highest BCUT2D eigenvalue weighted by molar-refractivity contribution is 6.08. The number of nitrogens with one attached hydrogen (secondary N) is 4. The molecule has 0 atom stereocenters. The lowest BCUT2D eigenvalue weighted by atomic mass is 10.1. The molecule has 0 amide bonds. The molecule has 0 fully saturated rings. The molecule has 128 heavy (non-hydrogen) atoms. The number of benzene rings is 12. The van der Waals surface area contributed by atoms with Gasteiger partial charge in [0, 0.05) is 99.8 Å². The van der Waals surface area contributed by atoms with Crippen LogP contribution >= 0.6 is 0 Å². The van der Waals surface area contributed by atoms with Gasteiger partial charge in [-0.05, 0) is 197 Å². The number of anilines is 5. The van der Waals surface area contributed by atoms with Crippen molar-refractivity contribution in [1.29, 1.82) is 0 Å². The molecule has 0 spiro atoms. The number of nitrogens with two attached hydrogens (primary N) is 1. The summed E-state index contributed by atoms with van der Waals surface area (Å²) in [4.78, 5) is 48.8. The highest BCUT2D eigenvalue weighted by Gasteiger charge is 2.18. The Kier molecular flexibility index (Phi) is 37.1. The van der Waals surface area contributed by atoms with E-state index >= 15 is 0 Å². The Balaban J connectivity index is 0.000000193. The molecule has 656 valence electrons. The van der Waals surface area contributed by atoms with Gasteiger partial charge in [0.2, 0.25) is 23.0 Å². The second kappa shape index (κ2) is 49.7. The zero-order valence-electron chi connectivity index (χ0n) is 73.2. The van der Waals surface area contributed by atoms with Gasteiger partial charge in [-0.2, -0.15) is 0 Å². The molecule has 0 aliphatic carbocycles. The maximum Gasteiger partial charge on any atom is 0.203 e. The average Bonchev–Trinajstić information content (AvgIpc) is 0.835. The number of hydrogen-bond acceptors (Lipinski definition) is 21. The minimum Gasteiger partial charge on any atom is -0.493 e. The molecule has 0 radical (unpaired) electrons. The fraction of sp³-hybridized carbons (Fsp3) is 0.124. The summed E-state index contributed by atoms with van der Waals surface area (Å²) in [6.45, 7) is 1.99. The van der Waals surface area contributed by atoms with Gasteiger partial charge in [-0.25, -0.2) is 8.78 Å². The molecule has 0 saturated carbocycles. The molecule has 12 rings (SSSR count). The van der Waals surface area contributed by atoms with E-state index in [4.69, 9.17) is 62.6 Å². The number of halogens is 2. The second-order valence-electron chi connectivity index (χ2n) is 27.5. The van der Waals surface area contributed by atoms with Crippen LogP contribution < -0.4 is 83.8 Å². The third kappa shape index (κ3) is 28.7. The van der Waals surface area contributed by atoms with Crippen molar-refractivity contribution in [2.45, 2.75) is 6.92 Å². The summed E-state index contributed by atoms with van der Waals surface area (Å²) in [6, 6.07) is 71.6. The van der Waals surface area contributed by atoms with E-state index < -0.39 is 5.82 Å². The highest BCUT2D eigenvalue weighted by atomic mass is 19.1. The number of para-hydroxylation sites is 1. The Hall–Kier alpha value is -16.3. The van der Waals surface area contributed by atoms with E-state index in [9.17, 15) is 28.0 Å². The lowest BCUT2D eigenvalue weighted by Crippen LogP contribution is -2.01. The fourth-order valence-corrected chi connectivity index (χ4v) is 12.4. The van der Waals surface area contributed by atoms with E-state index in [1.807, 2.05) is 225 Å². The average molecular weight is 1730 g/mol. The van der Waals surface area contributed by atoms with Gasteiger partial charge in [0.1, 0.15) is 11.6 Å². The number of nitrogen functional groups attached to an aromatic ring is 1. The molecule has 21 nitrogen and oxygen atoms in total. The largest absolute Gasteiger partial charge is 0.493 e. The highest BCUT2D eigenvalue weighted by Crippen LogP contribution is 2.43. The number of ketones is 4. The lowest BCUT2D eigenvalue weighted by Gasteiger charge is -2.12. The number of methoxy groups -OCH3 is 12. The predicted octanol–water partition coefficient (Wildman–Crippen LogP) is 22.9. The molecule has 6 N–H and O–H groups in total. The van der Waals surface area contributed by atoms with Crippen molar-refractivity contribution in [1.82, 2.24) is 0 Å². The number of carbonyl (C=O) groups is 4. The normalized spacial score (nSPS) is 11.0. The Morgan fingerprint density at radius 3 is 0.805 bits per heavy atom. The first-order chi connectivity index (χ1) is 62.1. The van der Waals surface area contributed by atoms with E-state index in [-0.39, 0.29) is 29.0 Å². The van der Waals surface area contributed by atoms with Crippen LogP contribution in [0.2, 0.25) is 0 Å². The van der Waals surface area contributed by atoms with Crippen molar-refractivity contribution in [2.75, 3.05) is 112 Å². The monoisotopic (exact) mass is 1730 g/mol. The fourth-order valence-electron chi connectivity index (χ4n) is 12.4. The molecule has 12 aromatic rings. The summed E-state index contributed by atoms with van der Waals surface area (Å²) in [6.07, 6.45) is 27.8. The van der Waals surface area contributed by atoms with Gasteiger partial charge in [-0.15, -0.1) is 0 Å².